The minimum atomic E-state index is -0.190. The molecule has 0 fully saturated rings. The molecule has 19 heavy (non-hydrogen) atoms. The Morgan fingerprint density at radius 3 is 2.53 bits per heavy atom. The van der Waals surface area contributed by atoms with Gasteiger partial charge in [0.2, 0.25) is 11.8 Å². The number of hydrogen-bond acceptors (Lipinski definition) is 7. The third-order valence-corrected chi connectivity index (χ3v) is 4.82. The Hall–Kier alpha value is -0.800. The van der Waals surface area contributed by atoms with Crippen molar-refractivity contribution in [1.82, 2.24) is 20.8 Å². The van der Waals surface area contributed by atoms with Crippen LogP contribution >= 0.6 is 34.9 Å². The fourth-order valence-electron chi connectivity index (χ4n) is 1.07. The van der Waals surface area contributed by atoms with Gasteiger partial charge in [0, 0.05) is 6.04 Å². The highest BCUT2D eigenvalue weighted by molar-refractivity contribution is 8.03. The molecule has 0 atom stereocenters. The van der Waals surface area contributed by atoms with Crippen LogP contribution in [-0.4, -0.2) is 46.6 Å². The lowest BCUT2D eigenvalue weighted by Crippen LogP contribution is -2.40. The molecule has 2 N–H and O–H groups in total. The zero-order valence-corrected chi connectivity index (χ0v) is 13.4. The number of aromatic nitrogens is 2. The van der Waals surface area contributed by atoms with Crippen LogP contribution in [0, 0.1) is 0 Å². The third kappa shape index (κ3) is 6.79. The van der Waals surface area contributed by atoms with Crippen molar-refractivity contribution >= 4 is 46.7 Å². The predicted octanol–water partition coefficient (Wildman–Crippen LogP) is 0.993. The predicted molar refractivity (Wildman–Crippen MR) is 78.7 cm³/mol. The van der Waals surface area contributed by atoms with Gasteiger partial charge in [0.25, 0.3) is 0 Å². The Labute approximate surface area is 124 Å². The zero-order valence-electron chi connectivity index (χ0n) is 10.9. The standard InChI is InChI=1S/C10H16N4O2S3/c1-6(2)12-7(15)4-11-8(16)5-18-10-14-13-9(17-3)19-10/h6H,4-5H2,1-3H3,(H,11,16)(H,12,15). The molecule has 1 aromatic rings. The number of rotatable bonds is 7. The van der Waals surface area contributed by atoms with E-state index in [1.807, 2.05) is 20.1 Å². The lowest BCUT2D eigenvalue weighted by atomic mass is 10.4. The first kappa shape index (κ1) is 16.3. The molecule has 1 rings (SSSR count). The highest BCUT2D eigenvalue weighted by Gasteiger charge is 2.09. The minimum absolute atomic E-state index is 0.00372. The number of amides is 2. The summed E-state index contributed by atoms with van der Waals surface area (Å²) < 4.78 is 1.63. The van der Waals surface area contributed by atoms with Crippen LogP contribution in [0.3, 0.4) is 0 Å². The van der Waals surface area contributed by atoms with Crippen molar-refractivity contribution in [3.8, 4) is 0 Å². The quantitative estimate of drug-likeness (QED) is 0.729. The van der Waals surface area contributed by atoms with Gasteiger partial charge in [-0.1, -0.05) is 34.9 Å². The highest BCUT2D eigenvalue weighted by atomic mass is 32.2. The maximum absolute atomic E-state index is 11.5. The lowest BCUT2D eigenvalue weighted by Gasteiger charge is -2.08. The zero-order chi connectivity index (χ0) is 14.3. The summed E-state index contributed by atoms with van der Waals surface area (Å²) in [6, 6.07) is 0.0742. The fraction of sp³-hybridized carbons (Fsp3) is 0.600. The number of nitrogens with zero attached hydrogens (tertiary/aromatic N) is 2. The molecule has 0 saturated carbocycles. The molecule has 1 heterocycles. The number of carbonyl (C=O) groups is 2. The molecule has 0 bridgehead atoms. The van der Waals surface area contributed by atoms with Crippen molar-refractivity contribution in [2.75, 3.05) is 18.6 Å². The number of carbonyl (C=O) groups excluding carboxylic acids is 2. The molecule has 0 saturated heterocycles. The molecule has 6 nitrogen and oxygen atoms in total. The van der Waals surface area contributed by atoms with Gasteiger partial charge in [-0.3, -0.25) is 9.59 Å². The minimum Gasteiger partial charge on any atom is -0.352 e. The summed E-state index contributed by atoms with van der Waals surface area (Å²) in [5.41, 5.74) is 0. The van der Waals surface area contributed by atoms with Crippen LogP contribution in [0.2, 0.25) is 0 Å². The second kappa shape index (κ2) is 8.39. The van der Waals surface area contributed by atoms with E-state index in [-0.39, 0.29) is 30.2 Å². The van der Waals surface area contributed by atoms with Crippen molar-refractivity contribution in [2.45, 2.75) is 28.6 Å². The summed E-state index contributed by atoms with van der Waals surface area (Å²) in [4.78, 5) is 22.8. The van der Waals surface area contributed by atoms with Crippen LogP contribution in [-0.2, 0) is 9.59 Å². The molecule has 0 radical (unpaired) electrons. The van der Waals surface area contributed by atoms with E-state index in [1.54, 1.807) is 0 Å². The summed E-state index contributed by atoms with van der Waals surface area (Å²) in [5.74, 6) is -0.142. The van der Waals surface area contributed by atoms with Crippen molar-refractivity contribution < 1.29 is 9.59 Å². The second-order valence-corrected chi connectivity index (χ2v) is 7.08. The summed E-state index contributed by atoms with van der Waals surface area (Å²) in [6.07, 6.45) is 1.93. The maximum atomic E-state index is 11.5. The first-order chi connectivity index (χ1) is 9.01. The molecule has 0 unspecified atom stereocenters. The topological polar surface area (TPSA) is 84.0 Å². The molecule has 106 valence electrons. The normalized spacial score (nSPS) is 10.5. The van der Waals surface area contributed by atoms with Crippen molar-refractivity contribution in [3.63, 3.8) is 0 Å². The van der Waals surface area contributed by atoms with Crippen LogP contribution in [0.1, 0.15) is 13.8 Å². The summed E-state index contributed by atoms with van der Waals surface area (Å²) in [6.45, 7) is 3.74. The van der Waals surface area contributed by atoms with E-state index in [1.165, 1.54) is 34.9 Å². The Morgan fingerprint density at radius 2 is 1.95 bits per heavy atom. The fourth-order valence-corrected chi connectivity index (χ4v) is 3.34. The van der Waals surface area contributed by atoms with Gasteiger partial charge in [0.15, 0.2) is 8.68 Å². The van der Waals surface area contributed by atoms with Gasteiger partial charge in [-0.25, -0.2) is 0 Å². The molecule has 1 aromatic heterocycles. The lowest BCUT2D eigenvalue weighted by molar-refractivity contribution is -0.125. The number of thioether (sulfide) groups is 2. The Balaban J connectivity index is 2.22. The number of hydrogen-bond donors (Lipinski definition) is 2. The van der Waals surface area contributed by atoms with E-state index in [0.717, 1.165) is 8.68 Å². The van der Waals surface area contributed by atoms with E-state index in [2.05, 4.69) is 20.8 Å². The molecular formula is C10H16N4O2S3. The molecule has 0 aliphatic heterocycles. The molecule has 0 spiro atoms. The van der Waals surface area contributed by atoms with Gasteiger partial charge < -0.3 is 10.6 Å². The molecular weight excluding hydrogens is 304 g/mol. The second-order valence-electron chi connectivity index (χ2n) is 3.83. The molecule has 0 aliphatic rings. The summed E-state index contributed by atoms with van der Waals surface area (Å²) >= 11 is 4.29. The van der Waals surface area contributed by atoms with Gasteiger partial charge >= 0.3 is 0 Å². The van der Waals surface area contributed by atoms with Crippen LogP contribution in [0.25, 0.3) is 0 Å². The Bertz CT molecular complexity index is 436. The van der Waals surface area contributed by atoms with Crippen LogP contribution in [0.4, 0.5) is 0 Å². The SMILES string of the molecule is CSc1nnc(SCC(=O)NCC(=O)NC(C)C)s1. The van der Waals surface area contributed by atoms with Gasteiger partial charge in [-0.2, -0.15) is 0 Å². The van der Waals surface area contributed by atoms with Gasteiger partial charge in [0.05, 0.1) is 12.3 Å². The average molecular weight is 320 g/mol. The van der Waals surface area contributed by atoms with E-state index >= 15 is 0 Å². The van der Waals surface area contributed by atoms with E-state index in [9.17, 15) is 9.59 Å². The van der Waals surface area contributed by atoms with E-state index in [0.29, 0.717) is 0 Å². The molecule has 2 amide bonds. The van der Waals surface area contributed by atoms with Crippen LogP contribution in [0.5, 0.6) is 0 Å². The monoisotopic (exact) mass is 320 g/mol. The summed E-state index contributed by atoms with van der Waals surface area (Å²) in [5, 5.41) is 13.1. The van der Waals surface area contributed by atoms with Crippen LogP contribution < -0.4 is 10.6 Å². The van der Waals surface area contributed by atoms with Gasteiger partial charge in [-0.05, 0) is 20.1 Å². The van der Waals surface area contributed by atoms with E-state index in [4.69, 9.17) is 0 Å². The van der Waals surface area contributed by atoms with Crippen molar-refractivity contribution in [1.29, 1.82) is 0 Å². The Morgan fingerprint density at radius 1 is 1.26 bits per heavy atom. The molecule has 9 heteroatoms. The highest BCUT2D eigenvalue weighted by Crippen LogP contribution is 2.26. The first-order valence-corrected chi connectivity index (χ1v) is 8.60. The van der Waals surface area contributed by atoms with E-state index < -0.39 is 0 Å². The van der Waals surface area contributed by atoms with Gasteiger partial charge in [-0.15, -0.1) is 10.2 Å². The smallest absolute Gasteiger partial charge is 0.239 e. The molecule has 0 aromatic carbocycles. The van der Waals surface area contributed by atoms with Crippen LogP contribution in [0.15, 0.2) is 8.68 Å². The van der Waals surface area contributed by atoms with Gasteiger partial charge in [0.1, 0.15) is 0 Å². The summed E-state index contributed by atoms with van der Waals surface area (Å²) in [7, 11) is 0. The first-order valence-electron chi connectivity index (χ1n) is 5.57. The Kier molecular flexibility index (Phi) is 7.17. The average Bonchev–Trinajstić information content (AvgIpc) is 2.81. The van der Waals surface area contributed by atoms with Crippen molar-refractivity contribution in [3.05, 3.63) is 0 Å². The largest absolute Gasteiger partial charge is 0.352 e. The van der Waals surface area contributed by atoms with Crippen molar-refractivity contribution in [2.24, 2.45) is 0 Å². The molecule has 0 aliphatic carbocycles. The third-order valence-electron chi connectivity index (χ3n) is 1.79. The maximum Gasteiger partial charge on any atom is 0.239 e. The number of nitrogens with one attached hydrogen (secondary N) is 2.